The molecule has 0 aliphatic heterocycles. The summed E-state index contributed by atoms with van der Waals surface area (Å²) in [5.74, 6) is -2.19. The van der Waals surface area contributed by atoms with Crippen LogP contribution in [0.3, 0.4) is 0 Å². The first kappa shape index (κ1) is 15.9. The average Bonchev–Trinajstić information content (AvgIpc) is 1.99. The molecular formula is C4H5F2NaO5S. The van der Waals surface area contributed by atoms with Crippen molar-refractivity contribution in [1.29, 1.82) is 0 Å². The zero-order valence-electron chi connectivity index (χ0n) is 6.66. The van der Waals surface area contributed by atoms with Gasteiger partial charge in [-0.3, -0.25) is 4.21 Å². The van der Waals surface area contributed by atoms with Crippen molar-refractivity contribution in [3.8, 4) is 0 Å². The van der Waals surface area contributed by atoms with Crippen LogP contribution in [0.4, 0.5) is 8.78 Å². The Morgan fingerprint density at radius 2 is 2.08 bits per heavy atom. The zero-order valence-corrected chi connectivity index (χ0v) is 9.48. The number of alkyl halides is 2. The second kappa shape index (κ2) is 6.80. The van der Waals surface area contributed by atoms with Crippen molar-refractivity contribution in [3.05, 3.63) is 0 Å². The van der Waals surface area contributed by atoms with Crippen LogP contribution in [0.25, 0.3) is 0 Å². The molecule has 0 aromatic rings. The summed E-state index contributed by atoms with van der Waals surface area (Å²) in [7, 11) is 0. The molecular weight excluding hydrogens is 221 g/mol. The van der Waals surface area contributed by atoms with Crippen molar-refractivity contribution in [2.24, 2.45) is 0 Å². The molecule has 0 spiro atoms. The normalized spacial score (nSPS) is 12.9. The van der Waals surface area contributed by atoms with Crippen LogP contribution in [0.2, 0.25) is 0 Å². The summed E-state index contributed by atoms with van der Waals surface area (Å²) in [6.07, 6.45) is 0. The minimum Gasteiger partial charge on any atom is -0.767 e. The fraction of sp³-hybridized carbons (Fsp3) is 0.750. The van der Waals surface area contributed by atoms with E-state index in [1.165, 1.54) is 0 Å². The van der Waals surface area contributed by atoms with Gasteiger partial charge >= 0.3 is 40.8 Å². The van der Waals surface area contributed by atoms with E-state index in [2.05, 4.69) is 4.74 Å². The SMILES string of the molecule is O=C(OCCO)C(F)(F)S(=O)[O-].[Na+]. The van der Waals surface area contributed by atoms with Crippen LogP contribution in [0.15, 0.2) is 0 Å². The number of hydrogen-bond donors (Lipinski definition) is 1. The van der Waals surface area contributed by atoms with Gasteiger partial charge in [-0.25, -0.2) is 4.79 Å². The molecule has 0 amide bonds. The quantitative estimate of drug-likeness (QED) is 0.300. The Morgan fingerprint density at radius 3 is 2.38 bits per heavy atom. The monoisotopic (exact) mass is 226 g/mol. The van der Waals surface area contributed by atoms with E-state index in [9.17, 15) is 22.3 Å². The van der Waals surface area contributed by atoms with Gasteiger partial charge in [0.25, 0.3) is 0 Å². The Balaban J connectivity index is 0. The molecule has 0 radical (unpaired) electrons. The minimum atomic E-state index is -4.55. The van der Waals surface area contributed by atoms with Gasteiger partial charge in [-0.1, -0.05) is 0 Å². The summed E-state index contributed by atoms with van der Waals surface area (Å²) in [6.45, 7) is -1.31. The van der Waals surface area contributed by atoms with Crippen LogP contribution in [-0.4, -0.2) is 38.3 Å². The second-order valence-corrected chi connectivity index (χ2v) is 2.59. The third-order valence-corrected chi connectivity index (χ3v) is 1.36. The molecule has 0 aromatic carbocycles. The van der Waals surface area contributed by atoms with Gasteiger partial charge in [0.1, 0.15) is 6.61 Å². The topological polar surface area (TPSA) is 86.7 Å². The molecule has 0 bridgehead atoms. The second-order valence-electron chi connectivity index (χ2n) is 1.61. The van der Waals surface area contributed by atoms with Crippen molar-refractivity contribution < 1.29 is 61.7 Å². The van der Waals surface area contributed by atoms with E-state index in [1.54, 1.807) is 0 Å². The van der Waals surface area contributed by atoms with E-state index in [1.807, 2.05) is 0 Å². The molecule has 5 nitrogen and oxygen atoms in total. The largest absolute Gasteiger partial charge is 1.00 e. The molecule has 0 fully saturated rings. The smallest absolute Gasteiger partial charge is 0.767 e. The molecule has 13 heavy (non-hydrogen) atoms. The summed E-state index contributed by atoms with van der Waals surface area (Å²) in [5, 5.41) is 3.50. The number of aliphatic hydroxyl groups is 1. The van der Waals surface area contributed by atoms with Crippen LogP contribution in [0.5, 0.6) is 0 Å². The number of esters is 1. The molecule has 0 saturated heterocycles. The fourth-order valence-corrected chi connectivity index (χ4v) is 0.485. The van der Waals surface area contributed by atoms with Gasteiger partial charge in [0.2, 0.25) is 0 Å². The van der Waals surface area contributed by atoms with Crippen LogP contribution < -0.4 is 29.6 Å². The molecule has 0 aliphatic carbocycles. The van der Waals surface area contributed by atoms with Crippen molar-refractivity contribution in [1.82, 2.24) is 0 Å². The third-order valence-electron chi connectivity index (χ3n) is 0.771. The first-order valence-electron chi connectivity index (χ1n) is 2.68. The van der Waals surface area contributed by atoms with Crippen LogP contribution in [-0.2, 0) is 20.6 Å². The van der Waals surface area contributed by atoms with Crippen LogP contribution >= 0.6 is 0 Å². The van der Waals surface area contributed by atoms with Crippen molar-refractivity contribution in [3.63, 3.8) is 0 Å². The molecule has 0 heterocycles. The van der Waals surface area contributed by atoms with Crippen molar-refractivity contribution in [2.75, 3.05) is 13.2 Å². The fourth-order valence-electron chi connectivity index (χ4n) is 0.290. The van der Waals surface area contributed by atoms with Crippen molar-refractivity contribution in [2.45, 2.75) is 5.25 Å². The molecule has 1 unspecified atom stereocenters. The maximum atomic E-state index is 12.1. The number of carbonyl (C=O) groups excluding carboxylic acids is 1. The minimum absolute atomic E-state index is 0. The summed E-state index contributed by atoms with van der Waals surface area (Å²) >= 11 is -3.85. The van der Waals surface area contributed by atoms with Crippen LogP contribution in [0.1, 0.15) is 0 Å². The maximum absolute atomic E-state index is 12.1. The molecule has 0 saturated carbocycles. The standard InChI is InChI=1S/C4H6F2O5S.Na/c5-4(6,12(9)10)3(8)11-2-1-7;/h7H,1-2H2,(H,9,10);/q;+1/p-1. The van der Waals surface area contributed by atoms with E-state index in [-0.39, 0.29) is 29.6 Å². The van der Waals surface area contributed by atoms with Gasteiger partial charge in [0.15, 0.2) is 0 Å². The molecule has 1 atom stereocenters. The Labute approximate surface area is 97.0 Å². The van der Waals surface area contributed by atoms with Gasteiger partial charge in [-0.2, -0.15) is 8.78 Å². The Bertz CT molecular complexity index is 199. The van der Waals surface area contributed by atoms with Gasteiger partial charge in [0.05, 0.1) is 6.61 Å². The van der Waals surface area contributed by atoms with E-state index < -0.39 is 35.5 Å². The summed E-state index contributed by atoms with van der Waals surface area (Å²) in [4.78, 5) is 10.2. The first-order chi connectivity index (χ1) is 5.42. The zero-order chi connectivity index (χ0) is 9.78. The maximum Gasteiger partial charge on any atom is 1.00 e. The van der Waals surface area contributed by atoms with Crippen molar-refractivity contribution >= 4 is 17.0 Å². The number of rotatable bonds is 4. The van der Waals surface area contributed by atoms with E-state index in [0.29, 0.717) is 0 Å². The van der Waals surface area contributed by atoms with Gasteiger partial charge < -0.3 is 14.4 Å². The summed E-state index contributed by atoms with van der Waals surface area (Å²) < 4.78 is 47.3. The predicted octanol–water partition coefficient (Wildman–Crippen LogP) is -4.00. The van der Waals surface area contributed by atoms with Gasteiger partial charge in [0, 0.05) is 11.1 Å². The Hall–Kier alpha value is 0.400. The number of carbonyl (C=O) groups is 1. The third kappa shape index (κ3) is 4.99. The Morgan fingerprint density at radius 1 is 1.62 bits per heavy atom. The van der Waals surface area contributed by atoms with Gasteiger partial charge in [-0.05, 0) is 0 Å². The average molecular weight is 226 g/mol. The molecule has 0 aromatic heterocycles. The van der Waals surface area contributed by atoms with E-state index in [0.717, 1.165) is 0 Å². The van der Waals surface area contributed by atoms with E-state index >= 15 is 0 Å². The number of hydrogen-bond acceptors (Lipinski definition) is 5. The Kier molecular flexibility index (Phi) is 8.29. The van der Waals surface area contributed by atoms with E-state index in [4.69, 9.17) is 5.11 Å². The predicted molar refractivity (Wildman–Crippen MR) is 31.9 cm³/mol. The summed E-state index contributed by atoms with van der Waals surface area (Å²) in [5.41, 5.74) is 0. The summed E-state index contributed by atoms with van der Waals surface area (Å²) in [6, 6.07) is 0. The number of aliphatic hydroxyl groups excluding tert-OH is 1. The first-order valence-corrected chi connectivity index (χ1v) is 3.75. The molecule has 1 N–H and O–H groups in total. The number of ether oxygens (including phenoxy) is 1. The molecule has 0 aliphatic rings. The van der Waals surface area contributed by atoms with Gasteiger partial charge in [-0.15, -0.1) is 0 Å². The number of halogens is 2. The van der Waals surface area contributed by atoms with Crippen LogP contribution in [0, 0.1) is 0 Å². The molecule has 0 rings (SSSR count). The molecule has 72 valence electrons. The molecule has 9 heteroatoms.